The summed E-state index contributed by atoms with van der Waals surface area (Å²) in [5.74, 6) is 0.886. The molecule has 2 aliphatic rings. The molecule has 2 nitrogen and oxygen atoms in total. The van der Waals surface area contributed by atoms with Crippen LogP contribution in [0.3, 0.4) is 0 Å². The Morgan fingerprint density at radius 2 is 2.29 bits per heavy atom. The molecule has 0 unspecified atom stereocenters. The van der Waals surface area contributed by atoms with Crippen molar-refractivity contribution in [2.45, 2.75) is 20.3 Å². The minimum atomic E-state index is 0. The third-order valence-corrected chi connectivity index (χ3v) is 1.96. The number of rotatable bonds is 0. The molecule has 0 radical (unpaired) electrons. The van der Waals surface area contributed by atoms with Gasteiger partial charge in [-0.3, -0.25) is 0 Å². The number of ether oxygens (including phenoxy) is 1. The van der Waals surface area contributed by atoms with Crippen molar-refractivity contribution in [3.63, 3.8) is 0 Å². The summed E-state index contributed by atoms with van der Waals surface area (Å²) in [7, 11) is 0. The van der Waals surface area contributed by atoms with Gasteiger partial charge < -0.3 is 10.1 Å². The van der Waals surface area contributed by atoms with Crippen molar-refractivity contribution in [2.24, 2.45) is 0 Å². The number of morpholine rings is 1. The molecule has 0 saturated carbocycles. The van der Waals surface area contributed by atoms with E-state index in [4.69, 9.17) is 17.0 Å². The highest BCUT2D eigenvalue weighted by atomic mass is 32.1. The highest BCUT2D eigenvalue weighted by molar-refractivity contribution is 7.80. The fourth-order valence-corrected chi connectivity index (χ4v) is 1.35. The predicted molar refractivity (Wildman–Crippen MR) is 65.1 cm³/mol. The Labute approximate surface area is 91.8 Å². The predicted octanol–water partition coefficient (Wildman–Crippen LogP) is 2.93. The third-order valence-electron chi connectivity index (χ3n) is 1.74. The summed E-state index contributed by atoms with van der Waals surface area (Å²) < 4.78 is 5.41. The van der Waals surface area contributed by atoms with Crippen LogP contribution < -0.4 is 5.32 Å². The van der Waals surface area contributed by atoms with E-state index in [-0.39, 0.29) is 1.43 Å². The number of nitrogens with one attached hydrogen (secondary N) is 1. The first kappa shape index (κ1) is 11.0. The quantitative estimate of drug-likeness (QED) is 0.622. The first-order chi connectivity index (χ1) is 6.86. The van der Waals surface area contributed by atoms with Crippen LogP contribution in [-0.2, 0) is 4.74 Å². The standard InChI is InChI=1S/C9H9NOS.C2H6.H2/c12-9-6-11-8-5-3-1-2-4-7(8)10-9;1-2;/h1,3-5H,2,6H2,(H,10,12);1-2H3;1H. The molecule has 1 heterocycles. The maximum Gasteiger partial charge on any atom is 0.143 e. The first-order valence-electron chi connectivity index (χ1n) is 4.86. The average Bonchev–Trinajstić information content (AvgIpc) is 2.45. The molecule has 0 atom stereocenters. The number of hydrogen-bond acceptors (Lipinski definition) is 2. The second-order valence-electron chi connectivity index (χ2n) is 2.65. The summed E-state index contributed by atoms with van der Waals surface area (Å²) in [6, 6.07) is 0. The van der Waals surface area contributed by atoms with E-state index < -0.39 is 0 Å². The molecule has 0 bridgehead atoms. The number of fused-ring (bicyclic) bond motifs is 1. The summed E-state index contributed by atoms with van der Waals surface area (Å²) in [5.41, 5.74) is 0.997. The summed E-state index contributed by atoms with van der Waals surface area (Å²) >= 11 is 4.99. The highest BCUT2D eigenvalue weighted by Gasteiger charge is 2.15. The highest BCUT2D eigenvalue weighted by Crippen LogP contribution is 2.17. The SMILES string of the molecule is CC.S=C1COC2=CC=CCC=C2N1.[HH]. The number of hydrogen-bond donors (Lipinski definition) is 1. The van der Waals surface area contributed by atoms with Crippen molar-refractivity contribution in [3.8, 4) is 0 Å². The fraction of sp³-hybridized carbons (Fsp3) is 0.364. The van der Waals surface area contributed by atoms with Crippen molar-refractivity contribution in [3.05, 3.63) is 35.8 Å². The van der Waals surface area contributed by atoms with E-state index in [1.807, 2.05) is 26.0 Å². The van der Waals surface area contributed by atoms with Gasteiger partial charge in [-0.15, -0.1) is 0 Å². The maximum absolute atomic E-state index is 5.41. The Morgan fingerprint density at radius 3 is 3.07 bits per heavy atom. The molecule has 1 aliphatic carbocycles. The van der Waals surface area contributed by atoms with Crippen molar-refractivity contribution < 1.29 is 6.16 Å². The molecule has 1 fully saturated rings. The van der Waals surface area contributed by atoms with Gasteiger partial charge in [-0.25, -0.2) is 0 Å². The molecule has 2 rings (SSSR count). The molecule has 1 aliphatic heterocycles. The normalized spacial score (nSPS) is 18.6. The van der Waals surface area contributed by atoms with E-state index >= 15 is 0 Å². The van der Waals surface area contributed by atoms with E-state index in [2.05, 4.69) is 17.5 Å². The van der Waals surface area contributed by atoms with Gasteiger partial charge in [0.15, 0.2) is 0 Å². The lowest BCUT2D eigenvalue weighted by Gasteiger charge is -2.21. The van der Waals surface area contributed by atoms with Crippen LogP contribution in [0.1, 0.15) is 21.7 Å². The van der Waals surface area contributed by atoms with Crippen LogP contribution in [0.2, 0.25) is 0 Å². The van der Waals surface area contributed by atoms with Gasteiger partial charge in [-0.2, -0.15) is 0 Å². The van der Waals surface area contributed by atoms with Crippen LogP contribution in [0.4, 0.5) is 0 Å². The Morgan fingerprint density at radius 1 is 1.50 bits per heavy atom. The molecule has 0 aromatic heterocycles. The molecule has 3 heteroatoms. The Kier molecular flexibility index (Phi) is 4.40. The zero-order valence-electron chi connectivity index (χ0n) is 8.54. The third kappa shape index (κ3) is 2.70. The Balaban J connectivity index is 0.000000617. The van der Waals surface area contributed by atoms with E-state index in [0.29, 0.717) is 6.61 Å². The van der Waals surface area contributed by atoms with Crippen molar-refractivity contribution in [2.75, 3.05) is 6.61 Å². The molecular weight excluding hydrogens is 194 g/mol. The summed E-state index contributed by atoms with van der Waals surface area (Å²) in [5, 5.41) is 3.12. The molecule has 0 amide bonds. The van der Waals surface area contributed by atoms with Crippen molar-refractivity contribution in [1.29, 1.82) is 0 Å². The van der Waals surface area contributed by atoms with E-state index in [0.717, 1.165) is 22.9 Å². The first-order valence-corrected chi connectivity index (χ1v) is 5.27. The molecule has 0 aromatic carbocycles. The van der Waals surface area contributed by atoms with Gasteiger partial charge in [0.25, 0.3) is 0 Å². The van der Waals surface area contributed by atoms with Crippen LogP contribution in [0.5, 0.6) is 0 Å². The lowest BCUT2D eigenvalue weighted by molar-refractivity contribution is 0.253. The second kappa shape index (κ2) is 5.60. The molecule has 78 valence electrons. The Hall–Kier alpha value is -1.09. The lowest BCUT2D eigenvalue weighted by atomic mass is 10.3. The van der Waals surface area contributed by atoms with Gasteiger partial charge in [0.05, 0.1) is 5.70 Å². The molecule has 1 N–H and O–H groups in total. The fourth-order valence-electron chi connectivity index (χ4n) is 1.18. The van der Waals surface area contributed by atoms with E-state index in [1.54, 1.807) is 0 Å². The lowest BCUT2D eigenvalue weighted by Crippen LogP contribution is -2.32. The van der Waals surface area contributed by atoms with Gasteiger partial charge in [0, 0.05) is 1.43 Å². The maximum atomic E-state index is 5.41. The zero-order chi connectivity index (χ0) is 10.4. The zero-order valence-corrected chi connectivity index (χ0v) is 9.36. The van der Waals surface area contributed by atoms with E-state index in [1.165, 1.54) is 0 Å². The largest absolute Gasteiger partial charge is 0.484 e. The van der Waals surface area contributed by atoms with Crippen molar-refractivity contribution in [1.82, 2.24) is 5.32 Å². The summed E-state index contributed by atoms with van der Waals surface area (Å²) in [6.45, 7) is 4.49. The average molecular weight is 211 g/mol. The minimum absolute atomic E-state index is 0. The number of allylic oxidation sites excluding steroid dienone is 4. The summed E-state index contributed by atoms with van der Waals surface area (Å²) in [4.78, 5) is 0.750. The molecule has 0 spiro atoms. The minimum Gasteiger partial charge on any atom is -0.484 e. The topological polar surface area (TPSA) is 21.3 Å². The van der Waals surface area contributed by atoms with Crippen molar-refractivity contribution >= 4 is 17.2 Å². The molecule has 0 aromatic rings. The van der Waals surface area contributed by atoms with Crippen LogP contribution in [0.15, 0.2) is 35.8 Å². The van der Waals surface area contributed by atoms with Crippen LogP contribution in [0.25, 0.3) is 0 Å². The van der Waals surface area contributed by atoms with Gasteiger partial charge >= 0.3 is 0 Å². The summed E-state index contributed by atoms with van der Waals surface area (Å²) in [6.07, 6.45) is 9.02. The van der Waals surface area contributed by atoms with Gasteiger partial charge in [0.2, 0.25) is 0 Å². The smallest absolute Gasteiger partial charge is 0.143 e. The second-order valence-corrected chi connectivity index (χ2v) is 3.14. The van der Waals surface area contributed by atoms with E-state index in [9.17, 15) is 0 Å². The van der Waals surface area contributed by atoms with Gasteiger partial charge in [0.1, 0.15) is 17.4 Å². The van der Waals surface area contributed by atoms with Gasteiger partial charge in [-0.05, 0) is 12.5 Å². The monoisotopic (exact) mass is 211 g/mol. The van der Waals surface area contributed by atoms with Crippen LogP contribution in [0, 0.1) is 0 Å². The molecule has 14 heavy (non-hydrogen) atoms. The molecule has 1 saturated heterocycles. The van der Waals surface area contributed by atoms with Crippen LogP contribution in [-0.4, -0.2) is 11.6 Å². The van der Waals surface area contributed by atoms with Gasteiger partial charge in [-0.1, -0.05) is 44.3 Å². The number of thiocarbonyl (C=S) groups is 1. The van der Waals surface area contributed by atoms with Crippen LogP contribution >= 0.6 is 12.2 Å². The molecular formula is C11H17NOS. The Bertz CT molecular complexity index is 308.